The summed E-state index contributed by atoms with van der Waals surface area (Å²) >= 11 is 0. The number of hydrogen-bond donors (Lipinski definition) is 1. The van der Waals surface area contributed by atoms with Crippen molar-refractivity contribution in [2.24, 2.45) is 12.8 Å². The molecular formula is C29H30FN5O3. The van der Waals surface area contributed by atoms with Crippen molar-refractivity contribution in [2.75, 3.05) is 13.1 Å². The van der Waals surface area contributed by atoms with Gasteiger partial charge in [0.1, 0.15) is 11.5 Å². The Labute approximate surface area is 219 Å². The number of halogens is 1. The van der Waals surface area contributed by atoms with E-state index in [1.54, 1.807) is 27.7 Å². The number of aromatic nitrogens is 3. The summed E-state index contributed by atoms with van der Waals surface area (Å²) in [6, 6.07) is 18.5. The molecule has 1 saturated heterocycles. The van der Waals surface area contributed by atoms with Gasteiger partial charge in [-0.05, 0) is 54.7 Å². The molecule has 8 nitrogen and oxygen atoms in total. The standard InChI is InChI=1S/C29H30FN5O3/c1-33-27(36)23-11-12-25(32-26(23)35(29(33)38)18-20-5-3-2-4-6-20)21-13-15-34(16-14-21)28(37)24(31)17-19-7-9-22(30)10-8-19/h2-12,21,24H,13-18,31H2,1H3/t24-/m1/s1. The number of rotatable bonds is 6. The van der Waals surface area contributed by atoms with Gasteiger partial charge in [-0.3, -0.25) is 18.7 Å². The molecule has 0 spiro atoms. The van der Waals surface area contributed by atoms with E-state index in [1.165, 1.54) is 19.2 Å². The zero-order valence-corrected chi connectivity index (χ0v) is 21.2. The molecule has 1 amide bonds. The number of pyridine rings is 1. The van der Waals surface area contributed by atoms with E-state index < -0.39 is 11.7 Å². The summed E-state index contributed by atoms with van der Waals surface area (Å²) in [6.07, 6.45) is 1.74. The minimum Gasteiger partial charge on any atom is -0.341 e. The Hall–Kier alpha value is -4.11. The summed E-state index contributed by atoms with van der Waals surface area (Å²) in [5, 5.41) is 0.395. The molecule has 3 heterocycles. The molecule has 0 unspecified atom stereocenters. The van der Waals surface area contributed by atoms with E-state index in [4.69, 9.17) is 10.7 Å². The smallest absolute Gasteiger partial charge is 0.332 e. The molecule has 38 heavy (non-hydrogen) atoms. The van der Waals surface area contributed by atoms with Crippen molar-refractivity contribution in [1.29, 1.82) is 0 Å². The second-order valence-electron chi connectivity index (χ2n) is 9.86. The van der Waals surface area contributed by atoms with Crippen molar-refractivity contribution in [3.63, 3.8) is 0 Å². The average Bonchev–Trinajstić information content (AvgIpc) is 2.95. The highest BCUT2D eigenvalue weighted by Gasteiger charge is 2.28. The third-order valence-corrected chi connectivity index (χ3v) is 7.30. The molecule has 9 heteroatoms. The molecule has 1 aliphatic heterocycles. The first-order chi connectivity index (χ1) is 18.3. The summed E-state index contributed by atoms with van der Waals surface area (Å²) in [7, 11) is 1.48. The summed E-state index contributed by atoms with van der Waals surface area (Å²) in [4.78, 5) is 45.4. The van der Waals surface area contributed by atoms with E-state index in [0.29, 0.717) is 49.9 Å². The maximum Gasteiger partial charge on any atom is 0.332 e. The van der Waals surface area contributed by atoms with Gasteiger partial charge in [-0.25, -0.2) is 14.2 Å². The van der Waals surface area contributed by atoms with Gasteiger partial charge in [-0.15, -0.1) is 0 Å². The molecular weight excluding hydrogens is 485 g/mol. The Balaban J connectivity index is 1.34. The number of benzene rings is 2. The Bertz CT molecular complexity index is 1570. The van der Waals surface area contributed by atoms with Crippen LogP contribution in [0.1, 0.15) is 35.6 Å². The topological polar surface area (TPSA) is 103 Å². The summed E-state index contributed by atoms with van der Waals surface area (Å²) < 4.78 is 15.8. The zero-order valence-electron chi connectivity index (χ0n) is 21.2. The van der Waals surface area contributed by atoms with Gasteiger partial charge in [-0.1, -0.05) is 42.5 Å². The number of nitrogens with two attached hydrogens (primary N) is 1. The maximum absolute atomic E-state index is 13.2. The molecule has 2 N–H and O–H groups in total. The molecule has 196 valence electrons. The van der Waals surface area contributed by atoms with Gasteiger partial charge >= 0.3 is 5.69 Å². The number of likely N-dealkylation sites (tertiary alicyclic amines) is 1. The van der Waals surface area contributed by atoms with Gasteiger partial charge in [0, 0.05) is 31.7 Å². The fourth-order valence-electron chi connectivity index (χ4n) is 5.10. The highest BCUT2D eigenvalue weighted by molar-refractivity contribution is 5.82. The van der Waals surface area contributed by atoms with Crippen LogP contribution in [0.15, 0.2) is 76.3 Å². The lowest BCUT2D eigenvalue weighted by Gasteiger charge is -2.33. The van der Waals surface area contributed by atoms with Gasteiger partial charge < -0.3 is 10.6 Å². The number of carbonyl (C=O) groups is 1. The van der Waals surface area contributed by atoms with Crippen LogP contribution >= 0.6 is 0 Å². The normalized spacial score (nSPS) is 15.1. The molecule has 1 aliphatic rings. The monoisotopic (exact) mass is 515 g/mol. The molecule has 5 rings (SSSR count). The van der Waals surface area contributed by atoms with Gasteiger partial charge in [0.15, 0.2) is 0 Å². The number of amides is 1. The molecule has 0 bridgehead atoms. The van der Waals surface area contributed by atoms with E-state index >= 15 is 0 Å². The van der Waals surface area contributed by atoms with E-state index in [1.807, 2.05) is 36.4 Å². The second-order valence-corrected chi connectivity index (χ2v) is 9.86. The lowest BCUT2D eigenvalue weighted by Crippen LogP contribution is -2.47. The largest absolute Gasteiger partial charge is 0.341 e. The van der Waals surface area contributed by atoms with Crippen LogP contribution < -0.4 is 17.0 Å². The van der Waals surface area contributed by atoms with Crippen LogP contribution in [-0.2, 0) is 24.8 Å². The molecule has 2 aromatic carbocycles. The first-order valence-electron chi connectivity index (χ1n) is 12.7. The summed E-state index contributed by atoms with van der Waals surface area (Å²) in [5.74, 6) is -0.365. The Morgan fingerprint density at radius 2 is 1.68 bits per heavy atom. The first kappa shape index (κ1) is 25.5. The number of hydrogen-bond acceptors (Lipinski definition) is 5. The van der Waals surface area contributed by atoms with Gasteiger partial charge in [0.05, 0.1) is 18.0 Å². The van der Waals surface area contributed by atoms with E-state index in [0.717, 1.165) is 21.4 Å². The summed E-state index contributed by atoms with van der Waals surface area (Å²) in [6.45, 7) is 1.38. The predicted molar refractivity (Wildman–Crippen MR) is 143 cm³/mol. The molecule has 1 fully saturated rings. The van der Waals surface area contributed by atoms with Gasteiger partial charge in [0.25, 0.3) is 5.56 Å². The van der Waals surface area contributed by atoms with Crippen molar-refractivity contribution in [3.05, 3.63) is 110 Å². The van der Waals surface area contributed by atoms with Crippen LogP contribution in [0.2, 0.25) is 0 Å². The number of nitrogens with zero attached hydrogens (tertiary/aromatic N) is 4. The van der Waals surface area contributed by atoms with Gasteiger partial charge in [0.2, 0.25) is 5.91 Å². The first-order valence-corrected chi connectivity index (χ1v) is 12.7. The van der Waals surface area contributed by atoms with Crippen molar-refractivity contribution < 1.29 is 9.18 Å². The van der Waals surface area contributed by atoms with E-state index in [-0.39, 0.29) is 23.2 Å². The SMILES string of the molecule is Cn1c(=O)c2ccc(C3CCN(C(=O)[C@H](N)Cc4ccc(F)cc4)CC3)nc2n(Cc2ccccc2)c1=O. The maximum atomic E-state index is 13.2. The highest BCUT2D eigenvalue weighted by Crippen LogP contribution is 2.28. The van der Waals surface area contributed by atoms with Crippen LogP contribution in [0.25, 0.3) is 11.0 Å². The minimum atomic E-state index is -0.695. The second kappa shape index (κ2) is 10.7. The fraction of sp³-hybridized carbons (Fsp3) is 0.310. The van der Waals surface area contributed by atoms with Crippen molar-refractivity contribution in [3.8, 4) is 0 Å². The lowest BCUT2D eigenvalue weighted by atomic mass is 9.92. The Kier molecular flexibility index (Phi) is 7.20. The fourth-order valence-corrected chi connectivity index (χ4v) is 5.10. The van der Waals surface area contributed by atoms with E-state index in [2.05, 4.69) is 0 Å². The number of carbonyl (C=O) groups excluding carboxylic acids is 1. The minimum absolute atomic E-state index is 0.0844. The predicted octanol–water partition coefficient (Wildman–Crippen LogP) is 2.56. The molecule has 0 saturated carbocycles. The van der Waals surface area contributed by atoms with Crippen LogP contribution in [-0.4, -0.2) is 44.1 Å². The van der Waals surface area contributed by atoms with E-state index in [9.17, 15) is 18.8 Å². The Morgan fingerprint density at radius 1 is 1.00 bits per heavy atom. The zero-order chi connectivity index (χ0) is 26.8. The summed E-state index contributed by atoms with van der Waals surface area (Å²) in [5.41, 5.74) is 8.33. The van der Waals surface area contributed by atoms with Crippen molar-refractivity contribution in [1.82, 2.24) is 19.0 Å². The Morgan fingerprint density at radius 3 is 2.37 bits per heavy atom. The quantitative estimate of drug-likeness (QED) is 0.425. The van der Waals surface area contributed by atoms with Crippen LogP contribution in [0.5, 0.6) is 0 Å². The molecule has 0 radical (unpaired) electrons. The van der Waals surface area contributed by atoms with Gasteiger partial charge in [-0.2, -0.15) is 0 Å². The molecule has 1 atom stereocenters. The van der Waals surface area contributed by atoms with Crippen LogP contribution in [0.4, 0.5) is 4.39 Å². The van der Waals surface area contributed by atoms with Crippen LogP contribution in [0.3, 0.4) is 0 Å². The molecule has 4 aromatic rings. The van der Waals surface area contributed by atoms with Crippen molar-refractivity contribution in [2.45, 2.75) is 37.8 Å². The number of fused-ring (bicyclic) bond motifs is 1. The lowest BCUT2D eigenvalue weighted by molar-refractivity contribution is -0.133. The highest BCUT2D eigenvalue weighted by atomic mass is 19.1. The third-order valence-electron chi connectivity index (χ3n) is 7.30. The van der Waals surface area contributed by atoms with Crippen LogP contribution in [0, 0.1) is 5.82 Å². The molecule has 0 aliphatic carbocycles. The number of piperidine rings is 1. The third kappa shape index (κ3) is 5.15. The van der Waals surface area contributed by atoms with Crippen molar-refractivity contribution >= 4 is 16.9 Å². The average molecular weight is 516 g/mol. The molecule has 2 aromatic heterocycles.